The maximum Gasteiger partial charge on any atom is 0.307 e. The Balaban J connectivity index is 2.33. The van der Waals surface area contributed by atoms with Crippen LogP contribution in [0.3, 0.4) is 0 Å². The standard InChI is InChI=1S/C7H14N2O4S/c8-14(12,13)4-3-9-2-1-6(5-9)7(10)11/h6H,1-5H2,(H,10,11)(H2,8,12,13). The van der Waals surface area contributed by atoms with Gasteiger partial charge in [0, 0.05) is 13.1 Å². The summed E-state index contributed by atoms with van der Waals surface area (Å²) >= 11 is 0. The van der Waals surface area contributed by atoms with E-state index in [1.54, 1.807) is 0 Å². The van der Waals surface area contributed by atoms with Gasteiger partial charge in [0.1, 0.15) is 0 Å². The molecule has 82 valence electrons. The Kier molecular flexibility index (Phi) is 3.46. The van der Waals surface area contributed by atoms with Crippen molar-refractivity contribution >= 4 is 16.0 Å². The second-order valence-electron chi connectivity index (χ2n) is 3.49. The summed E-state index contributed by atoms with van der Waals surface area (Å²) in [4.78, 5) is 12.4. The van der Waals surface area contributed by atoms with Gasteiger partial charge in [0.2, 0.25) is 10.0 Å². The van der Waals surface area contributed by atoms with E-state index in [-0.39, 0.29) is 11.7 Å². The maximum atomic E-state index is 10.6. The second-order valence-corrected chi connectivity index (χ2v) is 5.23. The molecule has 0 aliphatic carbocycles. The number of carboxylic acid groups (broad SMARTS) is 1. The number of aliphatic carboxylic acids is 1. The van der Waals surface area contributed by atoms with Gasteiger partial charge in [0.05, 0.1) is 11.7 Å². The lowest BCUT2D eigenvalue weighted by Gasteiger charge is -2.13. The van der Waals surface area contributed by atoms with E-state index in [0.717, 1.165) is 0 Å². The highest BCUT2D eigenvalue weighted by Gasteiger charge is 2.27. The van der Waals surface area contributed by atoms with Gasteiger partial charge >= 0.3 is 5.97 Å². The first-order chi connectivity index (χ1) is 6.38. The number of sulfonamides is 1. The zero-order chi connectivity index (χ0) is 10.8. The summed E-state index contributed by atoms with van der Waals surface area (Å²) in [6.07, 6.45) is 0.583. The number of nitrogens with zero attached hydrogens (tertiary/aromatic N) is 1. The summed E-state index contributed by atoms with van der Waals surface area (Å²) in [6, 6.07) is 0. The molecular formula is C7H14N2O4S. The first kappa shape index (κ1) is 11.4. The molecule has 0 aromatic carbocycles. The highest BCUT2D eigenvalue weighted by molar-refractivity contribution is 7.89. The lowest BCUT2D eigenvalue weighted by atomic mass is 10.1. The van der Waals surface area contributed by atoms with E-state index in [1.165, 1.54) is 0 Å². The summed E-state index contributed by atoms with van der Waals surface area (Å²) in [5, 5.41) is 13.5. The van der Waals surface area contributed by atoms with Gasteiger partial charge in [-0.2, -0.15) is 0 Å². The Morgan fingerprint density at radius 2 is 2.21 bits per heavy atom. The molecule has 1 aliphatic rings. The van der Waals surface area contributed by atoms with Crippen LogP contribution in [0, 0.1) is 5.92 Å². The van der Waals surface area contributed by atoms with E-state index in [4.69, 9.17) is 10.2 Å². The second kappa shape index (κ2) is 4.24. The predicted molar refractivity (Wildman–Crippen MR) is 50.2 cm³/mol. The molecule has 1 heterocycles. The molecule has 0 saturated carbocycles. The molecule has 0 bridgehead atoms. The van der Waals surface area contributed by atoms with E-state index >= 15 is 0 Å². The SMILES string of the molecule is NS(=O)(=O)CCN1CCC(C(=O)O)C1. The van der Waals surface area contributed by atoms with E-state index < -0.39 is 16.0 Å². The Bertz CT molecular complexity index is 314. The number of carbonyl (C=O) groups is 1. The molecule has 1 aliphatic heterocycles. The van der Waals surface area contributed by atoms with Crippen LogP contribution in [0.25, 0.3) is 0 Å². The summed E-state index contributed by atoms with van der Waals surface area (Å²) < 4.78 is 21.3. The van der Waals surface area contributed by atoms with Crippen molar-refractivity contribution in [2.45, 2.75) is 6.42 Å². The van der Waals surface area contributed by atoms with Gasteiger partial charge in [-0.25, -0.2) is 13.6 Å². The van der Waals surface area contributed by atoms with E-state index in [1.807, 2.05) is 4.90 Å². The molecule has 7 heteroatoms. The van der Waals surface area contributed by atoms with Crippen molar-refractivity contribution in [1.29, 1.82) is 0 Å². The number of hydrogen-bond donors (Lipinski definition) is 2. The number of hydrogen-bond acceptors (Lipinski definition) is 4. The number of rotatable bonds is 4. The molecule has 1 rings (SSSR count). The Hall–Kier alpha value is -0.660. The van der Waals surface area contributed by atoms with Gasteiger partial charge in [-0.1, -0.05) is 0 Å². The molecule has 1 unspecified atom stereocenters. The number of primary sulfonamides is 1. The number of likely N-dealkylation sites (tertiary alicyclic amines) is 1. The van der Waals surface area contributed by atoms with Crippen LogP contribution in [0.5, 0.6) is 0 Å². The Labute approximate surface area is 82.7 Å². The summed E-state index contributed by atoms with van der Waals surface area (Å²) in [5.74, 6) is -1.29. The highest BCUT2D eigenvalue weighted by atomic mass is 32.2. The molecule has 0 aromatic heterocycles. The molecule has 0 radical (unpaired) electrons. The van der Waals surface area contributed by atoms with Crippen LogP contribution in [0.4, 0.5) is 0 Å². The molecule has 14 heavy (non-hydrogen) atoms. The van der Waals surface area contributed by atoms with Crippen LogP contribution in [0.1, 0.15) is 6.42 Å². The molecule has 1 saturated heterocycles. The first-order valence-corrected chi connectivity index (χ1v) is 6.05. The van der Waals surface area contributed by atoms with Crippen molar-refractivity contribution in [1.82, 2.24) is 4.90 Å². The molecule has 3 N–H and O–H groups in total. The lowest BCUT2D eigenvalue weighted by molar-refractivity contribution is -0.141. The smallest absolute Gasteiger partial charge is 0.307 e. The predicted octanol–water partition coefficient (Wildman–Crippen LogP) is -1.32. The van der Waals surface area contributed by atoms with Gasteiger partial charge in [-0.3, -0.25) is 4.79 Å². The largest absolute Gasteiger partial charge is 0.481 e. The third-order valence-corrected chi connectivity index (χ3v) is 3.07. The fourth-order valence-electron chi connectivity index (χ4n) is 1.49. The van der Waals surface area contributed by atoms with Crippen molar-refractivity contribution in [3.05, 3.63) is 0 Å². The first-order valence-electron chi connectivity index (χ1n) is 4.34. The average Bonchev–Trinajstić information content (AvgIpc) is 2.47. The third-order valence-electron chi connectivity index (χ3n) is 2.31. The fourth-order valence-corrected chi connectivity index (χ4v) is 2.01. The number of nitrogens with two attached hydrogens (primary N) is 1. The average molecular weight is 222 g/mol. The quantitative estimate of drug-likeness (QED) is 0.614. The van der Waals surface area contributed by atoms with Crippen molar-refractivity contribution < 1.29 is 18.3 Å². The van der Waals surface area contributed by atoms with Gasteiger partial charge < -0.3 is 10.0 Å². The Morgan fingerprint density at radius 3 is 2.64 bits per heavy atom. The maximum absolute atomic E-state index is 10.6. The van der Waals surface area contributed by atoms with Crippen molar-refractivity contribution in [3.63, 3.8) is 0 Å². The minimum absolute atomic E-state index is 0.112. The molecule has 1 atom stereocenters. The number of carboxylic acids is 1. The molecule has 0 amide bonds. The van der Waals surface area contributed by atoms with Crippen molar-refractivity contribution in [3.8, 4) is 0 Å². The van der Waals surface area contributed by atoms with Crippen LogP contribution in [-0.2, 0) is 14.8 Å². The van der Waals surface area contributed by atoms with Crippen LogP contribution in [-0.4, -0.2) is 49.8 Å². The summed E-state index contributed by atoms with van der Waals surface area (Å²) in [7, 11) is -3.44. The normalized spacial score (nSPS) is 23.9. The topological polar surface area (TPSA) is 101 Å². The van der Waals surface area contributed by atoms with E-state index in [0.29, 0.717) is 26.1 Å². The zero-order valence-electron chi connectivity index (χ0n) is 7.72. The molecule has 6 nitrogen and oxygen atoms in total. The minimum Gasteiger partial charge on any atom is -0.481 e. The van der Waals surface area contributed by atoms with Gasteiger partial charge in [0.15, 0.2) is 0 Å². The van der Waals surface area contributed by atoms with Gasteiger partial charge in [-0.05, 0) is 13.0 Å². The van der Waals surface area contributed by atoms with Gasteiger partial charge in [-0.15, -0.1) is 0 Å². The van der Waals surface area contributed by atoms with E-state index in [2.05, 4.69) is 0 Å². The van der Waals surface area contributed by atoms with Crippen LogP contribution < -0.4 is 5.14 Å². The molecule has 0 spiro atoms. The van der Waals surface area contributed by atoms with Gasteiger partial charge in [0.25, 0.3) is 0 Å². The van der Waals surface area contributed by atoms with Crippen LogP contribution in [0.2, 0.25) is 0 Å². The molecular weight excluding hydrogens is 208 g/mol. The van der Waals surface area contributed by atoms with Crippen molar-refractivity contribution in [2.75, 3.05) is 25.4 Å². The lowest BCUT2D eigenvalue weighted by Crippen LogP contribution is -2.31. The van der Waals surface area contributed by atoms with E-state index in [9.17, 15) is 13.2 Å². The summed E-state index contributed by atoms with van der Waals surface area (Å²) in [6.45, 7) is 1.37. The van der Waals surface area contributed by atoms with Crippen LogP contribution in [0.15, 0.2) is 0 Å². The fraction of sp³-hybridized carbons (Fsp3) is 0.857. The van der Waals surface area contributed by atoms with Crippen LogP contribution >= 0.6 is 0 Å². The minimum atomic E-state index is -3.44. The monoisotopic (exact) mass is 222 g/mol. The zero-order valence-corrected chi connectivity index (χ0v) is 8.53. The summed E-state index contributed by atoms with van der Waals surface area (Å²) in [5.41, 5.74) is 0. The van der Waals surface area contributed by atoms with Crippen molar-refractivity contribution in [2.24, 2.45) is 11.1 Å². The molecule has 1 fully saturated rings. The molecule has 0 aromatic rings. The third kappa shape index (κ3) is 3.60. The highest BCUT2D eigenvalue weighted by Crippen LogP contribution is 2.15. The Morgan fingerprint density at radius 1 is 1.57 bits per heavy atom.